The summed E-state index contributed by atoms with van der Waals surface area (Å²) in [6, 6.07) is 7.78. The molecule has 0 radical (unpaired) electrons. The predicted molar refractivity (Wildman–Crippen MR) is 67.0 cm³/mol. The highest BCUT2D eigenvalue weighted by atomic mass is 16.5. The molecule has 0 aliphatic carbocycles. The highest BCUT2D eigenvalue weighted by Gasteiger charge is 2.03. The molecule has 1 aromatic carbocycles. The summed E-state index contributed by atoms with van der Waals surface area (Å²) in [6.07, 6.45) is 2.25. The van der Waals surface area contributed by atoms with Crippen LogP contribution >= 0.6 is 0 Å². The fourth-order valence-electron chi connectivity index (χ4n) is 1.51. The zero-order valence-electron chi connectivity index (χ0n) is 10.0. The van der Waals surface area contributed by atoms with Gasteiger partial charge in [-0.3, -0.25) is 0 Å². The van der Waals surface area contributed by atoms with Crippen LogP contribution in [0.25, 0.3) is 0 Å². The largest absolute Gasteiger partial charge is 0.491 e. The zero-order valence-corrected chi connectivity index (χ0v) is 10.0. The first-order valence-corrected chi connectivity index (χ1v) is 5.97. The fourth-order valence-corrected chi connectivity index (χ4v) is 1.51. The van der Waals surface area contributed by atoms with Crippen LogP contribution in [0.15, 0.2) is 24.3 Å². The SMILES string of the molecule is NCCCCc1cccc(OCC(O)CO)c1. The first-order chi connectivity index (χ1) is 8.26. The van der Waals surface area contributed by atoms with Gasteiger partial charge in [-0.2, -0.15) is 0 Å². The second-order valence-corrected chi connectivity index (χ2v) is 4.04. The Morgan fingerprint density at radius 1 is 1.29 bits per heavy atom. The molecule has 0 aliphatic rings. The number of aliphatic hydroxyl groups is 2. The van der Waals surface area contributed by atoms with E-state index in [0.717, 1.165) is 31.6 Å². The highest BCUT2D eigenvalue weighted by Crippen LogP contribution is 2.15. The van der Waals surface area contributed by atoms with Gasteiger partial charge in [0.2, 0.25) is 0 Å². The van der Waals surface area contributed by atoms with E-state index in [4.69, 9.17) is 15.6 Å². The Morgan fingerprint density at radius 2 is 2.12 bits per heavy atom. The monoisotopic (exact) mass is 239 g/mol. The molecule has 17 heavy (non-hydrogen) atoms. The molecular formula is C13H21NO3. The molecule has 0 aliphatic heterocycles. The Hall–Kier alpha value is -1.10. The summed E-state index contributed by atoms with van der Waals surface area (Å²) in [5.41, 5.74) is 6.65. The van der Waals surface area contributed by atoms with E-state index in [2.05, 4.69) is 0 Å². The van der Waals surface area contributed by atoms with Crippen molar-refractivity contribution in [1.29, 1.82) is 0 Å². The molecule has 0 saturated heterocycles. The molecule has 0 spiro atoms. The zero-order chi connectivity index (χ0) is 12.5. The highest BCUT2D eigenvalue weighted by molar-refractivity contribution is 5.28. The van der Waals surface area contributed by atoms with Crippen molar-refractivity contribution in [3.8, 4) is 5.75 Å². The summed E-state index contributed by atoms with van der Waals surface area (Å²) in [4.78, 5) is 0. The maximum Gasteiger partial charge on any atom is 0.119 e. The number of benzene rings is 1. The van der Waals surface area contributed by atoms with Gasteiger partial charge in [0.1, 0.15) is 18.5 Å². The van der Waals surface area contributed by atoms with E-state index in [9.17, 15) is 5.11 Å². The molecule has 0 aromatic heterocycles. The van der Waals surface area contributed by atoms with Gasteiger partial charge in [0, 0.05) is 0 Å². The Morgan fingerprint density at radius 3 is 2.82 bits per heavy atom. The summed E-state index contributed by atoms with van der Waals surface area (Å²) in [7, 11) is 0. The molecule has 4 heteroatoms. The van der Waals surface area contributed by atoms with E-state index in [1.54, 1.807) is 0 Å². The molecule has 0 saturated carbocycles. The second kappa shape index (κ2) is 8.06. The molecule has 4 N–H and O–H groups in total. The first-order valence-electron chi connectivity index (χ1n) is 5.97. The van der Waals surface area contributed by atoms with Crippen LogP contribution in [0.5, 0.6) is 5.75 Å². The average Bonchev–Trinajstić information content (AvgIpc) is 2.37. The van der Waals surface area contributed by atoms with Gasteiger partial charge in [0.25, 0.3) is 0 Å². The molecule has 1 atom stereocenters. The Balaban J connectivity index is 2.42. The Bertz CT molecular complexity index is 317. The van der Waals surface area contributed by atoms with E-state index in [0.29, 0.717) is 0 Å². The smallest absolute Gasteiger partial charge is 0.119 e. The maximum absolute atomic E-state index is 9.17. The number of rotatable bonds is 8. The summed E-state index contributed by atoms with van der Waals surface area (Å²) < 4.78 is 5.37. The van der Waals surface area contributed by atoms with Crippen molar-refractivity contribution in [2.45, 2.75) is 25.4 Å². The number of hydrogen-bond donors (Lipinski definition) is 3. The molecule has 0 fully saturated rings. The van der Waals surface area contributed by atoms with Crippen LogP contribution in [-0.4, -0.2) is 36.1 Å². The van der Waals surface area contributed by atoms with Gasteiger partial charge in [-0.25, -0.2) is 0 Å². The third-order valence-corrected chi connectivity index (χ3v) is 2.47. The van der Waals surface area contributed by atoms with Crippen molar-refractivity contribution in [1.82, 2.24) is 0 Å². The minimum Gasteiger partial charge on any atom is -0.491 e. The van der Waals surface area contributed by atoms with Crippen molar-refractivity contribution in [3.63, 3.8) is 0 Å². The van der Waals surface area contributed by atoms with Crippen molar-refractivity contribution >= 4 is 0 Å². The van der Waals surface area contributed by atoms with Crippen molar-refractivity contribution in [2.24, 2.45) is 5.73 Å². The lowest BCUT2D eigenvalue weighted by Crippen LogP contribution is -2.21. The van der Waals surface area contributed by atoms with E-state index in [-0.39, 0.29) is 13.2 Å². The number of unbranched alkanes of at least 4 members (excludes halogenated alkanes) is 1. The van der Waals surface area contributed by atoms with Gasteiger partial charge < -0.3 is 20.7 Å². The molecule has 1 unspecified atom stereocenters. The van der Waals surface area contributed by atoms with Crippen LogP contribution in [0.4, 0.5) is 0 Å². The van der Waals surface area contributed by atoms with Gasteiger partial charge in [0.05, 0.1) is 6.61 Å². The molecule has 4 nitrogen and oxygen atoms in total. The molecule has 0 heterocycles. The van der Waals surface area contributed by atoms with Crippen LogP contribution < -0.4 is 10.5 Å². The lowest BCUT2D eigenvalue weighted by Gasteiger charge is -2.10. The molecular weight excluding hydrogens is 218 g/mol. The van der Waals surface area contributed by atoms with Crippen LogP contribution in [-0.2, 0) is 6.42 Å². The maximum atomic E-state index is 9.17. The normalized spacial score (nSPS) is 12.4. The molecule has 1 rings (SSSR count). The van der Waals surface area contributed by atoms with Crippen LogP contribution in [0.2, 0.25) is 0 Å². The van der Waals surface area contributed by atoms with Gasteiger partial charge in [0.15, 0.2) is 0 Å². The Kier molecular flexibility index (Phi) is 6.62. The topological polar surface area (TPSA) is 75.7 Å². The fraction of sp³-hybridized carbons (Fsp3) is 0.538. The van der Waals surface area contributed by atoms with Crippen molar-refractivity contribution in [3.05, 3.63) is 29.8 Å². The Labute approximate surface area is 102 Å². The lowest BCUT2D eigenvalue weighted by atomic mass is 10.1. The van der Waals surface area contributed by atoms with Crippen LogP contribution in [0.1, 0.15) is 18.4 Å². The van der Waals surface area contributed by atoms with Crippen molar-refractivity contribution in [2.75, 3.05) is 19.8 Å². The number of hydrogen-bond acceptors (Lipinski definition) is 4. The number of ether oxygens (including phenoxy) is 1. The van der Waals surface area contributed by atoms with E-state index < -0.39 is 6.10 Å². The van der Waals surface area contributed by atoms with Gasteiger partial charge in [-0.1, -0.05) is 12.1 Å². The van der Waals surface area contributed by atoms with E-state index in [1.165, 1.54) is 5.56 Å². The number of aliphatic hydroxyl groups excluding tert-OH is 2. The van der Waals surface area contributed by atoms with Crippen LogP contribution in [0, 0.1) is 0 Å². The number of nitrogens with two attached hydrogens (primary N) is 1. The molecule has 0 bridgehead atoms. The quantitative estimate of drug-likeness (QED) is 0.584. The third kappa shape index (κ3) is 5.68. The first kappa shape index (κ1) is 14.0. The standard InChI is InChI=1S/C13H21NO3/c14-7-2-1-4-11-5-3-6-13(8-11)17-10-12(16)9-15/h3,5-6,8,12,15-16H,1-2,4,7,9-10,14H2. The summed E-state index contributed by atoms with van der Waals surface area (Å²) >= 11 is 0. The molecule has 1 aromatic rings. The second-order valence-electron chi connectivity index (χ2n) is 4.04. The molecule has 96 valence electrons. The molecule has 0 amide bonds. The minimum atomic E-state index is -0.823. The third-order valence-electron chi connectivity index (χ3n) is 2.47. The van der Waals surface area contributed by atoms with Crippen molar-refractivity contribution < 1.29 is 14.9 Å². The summed E-state index contributed by atoms with van der Waals surface area (Å²) in [5.74, 6) is 0.725. The van der Waals surface area contributed by atoms with Gasteiger partial charge >= 0.3 is 0 Å². The summed E-state index contributed by atoms with van der Waals surface area (Å²) in [5, 5.41) is 17.8. The van der Waals surface area contributed by atoms with E-state index >= 15 is 0 Å². The van der Waals surface area contributed by atoms with Crippen LogP contribution in [0.3, 0.4) is 0 Å². The van der Waals surface area contributed by atoms with Gasteiger partial charge in [-0.05, 0) is 43.5 Å². The number of aryl methyl sites for hydroxylation is 1. The minimum absolute atomic E-state index is 0.114. The predicted octanol–water partition coefficient (Wildman–Crippen LogP) is 0.700. The average molecular weight is 239 g/mol. The van der Waals surface area contributed by atoms with Gasteiger partial charge in [-0.15, -0.1) is 0 Å². The summed E-state index contributed by atoms with van der Waals surface area (Å²) in [6.45, 7) is 0.553. The lowest BCUT2D eigenvalue weighted by molar-refractivity contribution is 0.0536. The van der Waals surface area contributed by atoms with E-state index in [1.807, 2.05) is 24.3 Å².